The van der Waals surface area contributed by atoms with Gasteiger partial charge in [0, 0.05) is 18.8 Å². The molecule has 2 rings (SSSR count). The van der Waals surface area contributed by atoms with Crippen molar-refractivity contribution in [3.63, 3.8) is 0 Å². The molecule has 0 radical (unpaired) electrons. The molecule has 0 atom stereocenters. The minimum absolute atomic E-state index is 0. The SMILES string of the molecule is C.CC.CC.CC1CCC(N(C)Cc2ccccn2)CC1. The fourth-order valence-electron chi connectivity index (χ4n) is 2.56. The molecule has 0 aromatic carbocycles. The fraction of sp³-hybridized carbons (Fsp3) is 0.737. The highest BCUT2D eigenvalue weighted by molar-refractivity contribution is 5.03. The maximum Gasteiger partial charge on any atom is 0.0543 e. The molecule has 1 heterocycles. The van der Waals surface area contributed by atoms with Crippen molar-refractivity contribution in [2.45, 2.75) is 80.3 Å². The van der Waals surface area contributed by atoms with Gasteiger partial charge in [-0.3, -0.25) is 9.88 Å². The van der Waals surface area contributed by atoms with Crippen LogP contribution in [0.2, 0.25) is 0 Å². The van der Waals surface area contributed by atoms with Crippen LogP contribution in [-0.2, 0) is 6.54 Å². The summed E-state index contributed by atoms with van der Waals surface area (Å²) in [6.07, 6.45) is 7.36. The Balaban J connectivity index is 0. The van der Waals surface area contributed by atoms with Crippen LogP contribution in [0.4, 0.5) is 0 Å². The average molecular weight is 295 g/mol. The molecule has 1 saturated carbocycles. The van der Waals surface area contributed by atoms with Crippen molar-refractivity contribution in [3.05, 3.63) is 30.1 Å². The summed E-state index contributed by atoms with van der Waals surface area (Å²) in [6, 6.07) is 6.92. The first-order valence-corrected chi connectivity index (χ1v) is 8.36. The molecular formula is C19H38N2. The molecule has 0 bridgehead atoms. The number of nitrogens with zero attached hydrogens (tertiary/aromatic N) is 2. The zero-order valence-electron chi connectivity index (χ0n) is 14.4. The lowest BCUT2D eigenvalue weighted by Gasteiger charge is -2.33. The van der Waals surface area contributed by atoms with E-state index in [1.807, 2.05) is 40.0 Å². The van der Waals surface area contributed by atoms with Crippen molar-refractivity contribution in [1.82, 2.24) is 9.88 Å². The van der Waals surface area contributed by atoms with Gasteiger partial charge in [0.15, 0.2) is 0 Å². The van der Waals surface area contributed by atoms with Crippen LogP contribution in [0.1, 0.15) is 73.4 Å². The second-order valence-corrected chi connectivity index (χ2v) is 5.15. The van der Waals surface area contributed by atoms with Crippen molar-refractivity contribution in [1.29, 1.82) is 0 Å². The van der Waals surface area contributed by atoms with Gasteiger partial charge in [0.1, 0.15) is 0 Å². The standard InChI is InChI=1S/C14H22N2.2C2H6.CH4/c1-12-6-8-14(9-7-12)16(2)11-13-5-3-4-10-15-13;2*1-2;/h3-5,10,12,14H,6-9,11H2,1-2H3;2*1-2H3;1H4. The van der Waals surface area contributed by atoms with E-state index in [0.29, 0.717) is 0 Å². The zero-order chi connectivity index (χ0) is 15.4. The summed E-state index contributed by atoms with van der Waals surface area (Å²) in [5, 5.41) is 0. The number of pyridine rings is 1. The highest BCUT2D eigenvalue weighted by Crippen LogP contribution is 2.26. The van der Waals surface area contributed by atoms with E-state index >= 15 is 0 Å². The monoisotopic (exact) mass is 294 g/mol. The van der Waals surface area contributed by atoms with Gasteiger partial charge in [0.2, 0.25) is 0 Å². The normalized spacial score (nSPS) is 20.3. The van der Waals surface area contributed by atoms with Crippen molar-refractivity contribution >= 4 is 0 Å². The molecule has 0 amide bonds. The first-order chi connectivity index (χ1) is 9.75. The van der Waals surface area contributed by atoms with E-state index in [-0.39, 0.29) is 7.43 Å². The lowest BCUT2D eigenvalue weighted by molar-refractivity contribution is 0.162. The van der Waals surface area contributed by atoms with Crippen molar-refractivity contribution in [3.8, 4) is 0 Å². The van der Waals surface area contributed by atoms with Crippen LogP contribution in [-0.4, -0.2) is 23.0 Å². The van der Waals surface area contributed by atoms with Gasteiger partial charge >= 0.3 is 0 Å². The summed E-state index contributed by atoms with van der Waals surface area (Å²) in [5.74, 6) is 0.930. The second-order valence-electron chi connectivity index (χ2n) is 5.15. The van der Waals surface area contributed by atoms with Crippen LogP contribution < -0.4 is 0 Å². The van der Waals surface area contributed by atoms with E-state index in [2.05, 4.69) is 36.0 Å². The van der Waals surface area contributed by atoms with Crippen LogP contribution in [0.3, 0.4) is 0 Å². The highest BCUT2D eigenvalue weighted by atomic mass is 15.1. The topological polar surface area (TPSA) is 16.1 Å². The first kappa shape index (κ1) is 22.4. The summed E-state index contributed by atoms with van der Waals surface area (Å²) in [5.41, 5.74) is 1.18. The van der Waals surface area contributed by atoms with Crippen molar-refractivity contribution in [2.75, 3.05) is 7.05 Å². The quantitative estimate of drug-likeness (QED) is 0.702. The molecule has 0 unspecified atom stereocenters. The molecular weight excluding hydrogens is 256 g/mol. The third kappa shape index (κ3) is 8.87. The predicted octanol–water partition coefficient (Wildman–Crippen LogP) is 5.78. The number of hydrogen-bond acceptors (Lipinski definition) is 2. The smallest absolute Gasteiger partial charge is 0.0543 e. The molecule has 1 aliphatic carbocycles. The molecule has 1 aromatic rings. The van der Waals surface area contributed by atoms with Gasteiger partial charge < -0.3 is 0 Å². The molecule has 2 heteroatoms. The van der Waals surface area contributed by atoms with E-state index in [1.165, 1.54) is 31.4 Å². The molecule has 0 spiro atoms. The Morgan fingerprint density at radius 3 is 2.10 bits per heavy atom. The average Bonchev–Trinajstić information content (AvgIpc) is 2.53. The number of hydrogen-bond donors (Lipinski definition) is 0. The fourth-order valence-corrected chi connectivity index (χ4v) is 2.56. The minimum atomic E-state index is 0. The summed E-state index contributed by atoms with van der Waals surface area (Å²) in [4.78, 5) is 6.85. The minimum Gasteiger partial charge on any atom is -0.298 e. The van der Waals surface area contributed by atoms with Crippen LogP contribution >= 0.6 is 0 Å². The Morgan fingerprint density at radius 2 is 1.62 bits per heavy atom. The van der Waals surface area contributed by atoms with Gasteiger partial charge in [-0.25, -0.2) is 0 Å². The third-order valence-corrected chi connectivity index (χ3v) is 3.75. The molecule has 1 aliphatic rings. The van der Waals surface area contributed by atoms with Crippen LogP contribution in [0.5, 0.6) is 0 Å². The van der Waals surface area contributed by atoms with E-state index in [9.17, 15) is 0 Å². The maximum absolute atomic E-state index is 4.39. The number of rotatable bonds is 3. The van der Waals surface area contributed by atoms with Gasteiger partial charge in [0.05, 0.1) is 5.69 Å². The van der Waals surface area contributed by atoms with Crippen LogP contribution in [0.25, 0.3) is 0 Å². The summed E-state index contributed by atoms with van der Waals surface area (Å²) in [7, 11) is 2.23. The largest absolute Gasteiger partial charge is 0.298 e. The molecule has 1 fully saturated rings. The zero-order valence-corrected chi connectivity index (χ0v) is 14.4. The van der Waals surface area contributed by atoms with Gasteiger partial charge in [-0.1, -0.05) is 48.1 Å². The molecule has 0 N–H and O–H groups in total. The molecule has 124 valence electrons. The Bertz CT molecular complexity index is 303. The van der Waals surface area contributed by atoms with Gasteiger partial charge in [-0.05, 0) is 50.8 Å². The lowest BCUT2D eigenvalue weighted by atomic mass is 9.87. The van der Waals surface area contributed by atoms with E-state index < -0.39 is 0 Å². The second kappa shape index (κ2) is 14.1. The van der Waals surface area contributed by atoms with Crippen LogP contribution in [0.15, 0.2) is 24.4 Å². The van der Waals surface area contributed by atoms with Crippen molar-refractivity contribution < 1.29 is 0 Å². The molecule has 0 aliphatic heterocycles. The maximum atomic E-state index is 4.39. The van der Waals surface area contributed by atoms with E-state index in [4.69, 9.17) is 0 Å². The van der Waals surface area contributed by atoms with Gasteiger partial charge in [-0.2, -0.15) is 0 Å². The highest BCUT2D eigenvalue weighted by Gasteiger charge is 2.21. The Morgan fingerprint density at radius 1 is 1.05 bits per heavy atom. The Hall–Kier alpha value is -0.890. The van der Waals surface area contributed by atoms with Crippen LogP contribution in [0, 0.1) is 5.92 Å². The number of aromatic nitrogens is 1. The summed E-state index contributed by atoms with van der Waals surface area (Å²) in [6.45, 7) is 11.4. The summed E-state index contributed by atoms with van der Waals surface area (Å²) < 4.78 is 0. The lowest BCUT2D eigenvalue weighted by Crippen LogP contribution is -2.34. The molecule has 0 saturated heterocycles. The molecule has 1 aromatic heterocycles. The third-order valence-electron chi connectivity index (χ3n) is 3.75. The predicted molar refractivity (Wildman–Crippen MR) is 96.6 cm³/mol. The molecule has 2 nitrogen and oxygen atoms in total. The van der Waals surface area contributed by atoms with E-state index in [0.717, 1.165) is 18.5 Å². The van der Waals surface area contributed by atoms with Gasteiger partial charge in [0.25, 0.3) is 0 Å². The van der Waals surface area contributed by atoms with E-state index in [1.54, 1.807) is 0 Å². The van der Waals surface area contributed by atoms with Gasteiger partial charge in [-0.15, -0.1) is 0 Å². The Kier molecular flexibility index (Phi) is 15.0. The molecule has 21 heavy (non-hydrogen) atoms. The first-order valence-electron chi connectivity index (χ1n) is 8.36. The van der Waals surface area contributed by atoms with Crippen molar-refractivity contribution in [2.24, 2.45) is 5.92 Å². The Labute approximate surface area is 134 Å². The summed E-state index contributed by atoms with van der Waals surface area (Å²) >= 11 is 0.